The lowest BCUT2D eigenvalue weighted by atomic mass is 10.2. The molecule has 0 heterocycles. The number of nitrogens with zero attached hydrogens (tertiary/aromatic N) is 1. The fourth-order valence-electron chi connectivity index (χ4n) is 1.02. The van der Waals surface area contributed by atoms with Crippen molar-refractivity contribution in [3.8, 4) is 0 Å². The van der Waals surface area contributed by atoms with E-state index >= 15 is 0 Å². The predicted octanol–water partition coefficient (Wildman–Crippen LogP) is 2.60. The van der Waals surface area contributed by atoms with Gasteiger partial charge in [-0.25, -0.2) is 0 Å². The molecule has 0 fully saturated rings. The maximum absolute atomic E-state index is 11.5. The molecule has 0 aromatic rings. The van der Waals surface area contributed by atoms with Gasteiger partial charge in [0.2, 0.25) is 0 Å². The van der Waals surface area contributed by atoms with Crippen LogP contribution in [0, 0.1) is 0 Å². The minimum absolute atomic E-state index is 0.301. The zero-order valence-corrected chi connectivity index (χ0v) is 11.7. The minimum atomic E-state index is -3.51. The summed E-state index contributed by atoms with van der Waals surface area (Å²) in [5, 5.41) is 0. The largest absolute Gasteiger partial charge is 0.351 e. The first kappa shape index (κ1) is 15.9. The Morgan fingerprint density at radius 2 is 2.00 bits per heavy atom. The van der Waals surface area contributed by atoms with Gasteiger partial charge in [-0.15, -0.1) is 0 Å². The van der Waals surface area contributed by atoms with Crippen LogP contribution >= 0.6 is 7.60 Å². The maximum Gasteiger partial charge on any atom is 0.351 e. The third kappa shape index (κ3) is 10.4. The molecule has 0 aliphatic carbocycles. The van der Waals surface area contributed by atoms with Crippen LogP contribution in [0.1, 0.15) is 26.2 Å². The van der Waals surface area contributed by atoms with Gasteiger partial charge < -0.3 is 9.38 Å². The molecule has 0 amide bonds. The van der Waals surface area contributed by atoms with Crippen molar-refractivity contribution in [1.82, 2.24) is 0 Å². The summed E-state index contributed by atoms with van der Waals surface area (Å²) in [6.07, 6.45) is 4.69. The summed E-state index contributed by atoms with van der Waals surface area (Å²) in [4.78, 5) is 9.45. The zero-order valence-electron chi connectivity index (χ0n) is 10.8. The summed E-state index contributed by atoms with van der Waals surface area (Å²) in [6, 6.07) is 0. The van der Waals surface area contributed by atoms with Gasteiger partial charge in [-0.2, -0.15) is 0 Å². The highest BCUT2D eigenvalue weighted by atomic mass is 31.2. The van der Waals surface area contributed by atoms with Crippen molar-refractivity contribution in [1.29, 1.82) is 0 Å². The van der Waals surface area contributed by atoms with Gasteiger partial charge in [0.05, 0.1) is 21.1 Å². The van der Waals surface area contributed by atoms with E-state index in [0.29, 0.717) is 13.2 Å². The predicted molar refractivity (Wildman–Crippen MR) is 67.3 cm³/mol. The van der Waals surface area contributed by atoms with E-state index in [1.165, 1.54) is 5.82 Å². The fraction of sp³-hybridized carbons (Fsp3) is 0.818. The first-order valence-corrected chi connectivity index (χ1v) is 7.37. The molecule has 0 aromatic heterocycles. The Morgan fingerprint density at radius 1 is 1.38 bits per heavy atom. The van der Waals surface area contributed by atoms with Gasteiger partial charge >= 0.3 is 7.60 Å². The van der Waals surface area contributed by atoms with Crippen LogP contribution < -0.4 is 0 Å². The Hall–Kier alpha value is -0.150. The topological polar surface area (TPSA) is 46.5 Å². The smallest absolute Gasteiger partial charge is 0.329 e. The van der Waals surface area contributed by atoms with Crippen molar-refractivity contribution in [3.63, 3.8) is 0 Å². The Morgan fingerprint density at radius 3 is 2.50 bits per heavy atom. The van der Waals surface area contributed by atoms with E-state index in [4.69, 9.17) is 4.52 Å². The summed E-state index contributed by atoms with van der Waals surface area (Å²) in [5.74, 6) is 1.30. The monoisotopic (exact) mass is 250 g/mol. The zero-order chi connectivity index (χ0) is 12.7. The summed E-state index contributed by atoms with van der Waals surface area (Å²) in [5.41, 5.74) is 0. The molecular formula is C11H25NO3P+. The third-order valence-corrected chi connectivity index (χ3v) is 3.20. The fourth-order valence-corrected chi connectivity index (χ4v) is 1.86. The van der Waals surface area contributed by atoms with Crippen LogP contribution in [0.2, 0.25) is 0 Å². The number of hydrogen-bond acceptors (Lipinski definition) is 2. The van der Waals surface area contributed by atoms with Crippen LogP contribution in [0.3, 0.4) is 0 Å². The lowest BCUT2D eigenvalue weighted by molar-refractivity contribution is -0.870. The van der Waals surface area contributed by atoms with Gasteiger partial charge in [-0.05, 0) is 6.42 Å². The van der Waals surface area contributed by atoms with E-state index in [1.807, 2.05) is 21.1 Å². The molecule has 0 aliphatic heterocycles. The SMILES string of the molecule is CCCCC=CP(=O)(O)OCC[N+](C)(C)C. The molecule has 0 radical (unpaired) electrons. The molecule has 16 heavy (non-hydrogen) atoms. The van der Waals surface area contributed by atoms with E-state index in [2.05, 4.69) is 6.92 Å². The van der Waals surface area contributed by atoms with Crippen LogP contribution in [-0.4, -0.2) is 43.7 Å². The molecule has 96 valence electrons. The Labute approximate surface area is 99.0 Å². The van der Waals surface area contributed by atoms with Gasteiger partial charge in [0.15, 0.2) is 0 Å². The van der Waals surface area contributed by atoms with Crippen LogP contribution in [0.5, 0.6) is 0 Å². The number of allylic oxidation sites excluding steroid dienone is 1. The van der Waals surface area contributed by atoms with E-state index < -0.39 is 7.60 Å². The summed E-state index contributed by atoms with van der Waals surface area (Å²) in [7, 11) is 2.54. The molecule has 5 heteroatoms. The Balaban J connectivity index is 3.87. The van der Waals surface area contributed by atoms with Crippen molar-refractivity contribution >= 4 is 7.60 Å². The molecule has 1 N–H and O–H groups in total. The first-order valence-electron chi connectivity index (χ1n) is 5.72. The maximum atomic E-state index is 11.5. The summed E-state index contributed by atoms with van der Waals surface area (Å²) >= 11 is 0. The van der Waals surface area contributed by atoms with Crippen LogP contribution in [0.15, 0.2) is 11.9 Å². The lowest BCUT2D eigenvalue weighted by Crippen LogP contribution is -2.37. The lowest BCUT2D eigenvalue weighted by Gasteiger charge is -2.23. The normalized spacial score (nSPS) is 16.6. The molecule has 0 saturated carbocycles. The van der Waals surface area contributed by atoms with Crippen molar-refractivity contribution < 1.29 is 18.5 Å². The Kier molecular flexibility index (Phi) is 7.16. The van der Waals surface area contributed by atoms with Crippen molar-refractivity contribution in [2.45, 2.75) is 26.2 Å². The van der Waals surface area contributed by atoms with E-state index in [0.717, 1.165) is 23.7 Å². The Bertz CT molecular complexity index is 258. The van der Waals surface area contributed by atoms with Gasteiger partial charge in [-0.1, -0.05) is 25.8 Å². The van der Waals surface area contributed by atoms with Gasteiger partial charge in [-0.3, -0.25) is 9.09 Å². The molecule has 1 unspecified atom stereocenters. The van der Waals surface area contributed by atoms with Gasteiger partial charge in [0, 0.05) is 5.82 Å². The minimum Gasteiger partial charge on any atom is -0.329 e. The number of quaternary nitrogens is 1. The van der Waals surface area contributed by atoms with Crippen LogP contribution in [-0.2, 0) is 9.09 Å². The molecular weight excluding hydrogens is 225 g/mol. The van der Waals surface area contributed by atoms with Crippen molar-refractivity contribution in [2.75, 3.05) is 34.3 Å². The number of hydrogen-bond donors (Lipinski definition) is 1. The van der Waals surface area contributed by atoms with Gasteiger partial charge in [0.25, 0.3) is 0 Å². The molecule has 4 nitrogen and oxygen atoms in total. The van der Waals surface area contributed by atoms with Crippen LogP contribution in [0.4, 0.5) is 0 Å². The molecule has 0 aliphatic rings. The summed E-state index contributed by atoms with van der Waals surface area (Å²) < 4.78 is 17.2. The standard InChI is InChI=1S/C11H24NO3P/c1-5-6-7-8-11-16(13,14)15-10-9-12(2,3)4/h8,11H,5-7,9-10H2,1-4H3/p+1. The second-order valence-corrected chi connectivity index (χ2v) is 6.62. The average molecular weight is 250 g/mol. The first-order chi connectivity index (χ1) is 7.27. The number of likely N-dealkylation sites (N-methyl/N-ethyl adjacent to an activating group) is 1. The highest BCUT2D eigenvalue weighted by molar-refractivity contribution is 7.56. The molecule has 0 aromatic carbocycles. The highest BCUT2D eigenvalue weighted by Crippen LogP contribution is 2.43. The second kappa shape index (κ2) is 7.23. The van der Waals surface area contributed by atoms with Crippen molar-refractivity contribution in [3.05, 3.63) is 11.9 Å². The third-order valence-electron chi connectivity index (χ3n) is 2.06. The van der Waals surface area contributed by atoms with E-state index in [1.54, 1.807) is 6.08 Å². The molecule has 0 saturated heterocycles. The number of unbranched alkanes of at least 4 members (excludes halogenated alkanes) is 2. The summed E-state index contributed by atoms with van der Waals surface area (Å²) in [6.45, 7) is 3.10. The molecule has 0 rings (SSSR count). The highest BCUT2D eigenvalue weighted by Gasteiger charge is 2.16. The number of rotatable bonds is 8. The van der Waals surface area contributed by atoms with Crippen LogP contribution in [0.25, 0.3) is 0 Å². The average Bonchev–Trinajstić information content (AvgIpc) is 2.10. The van der Waals surface area contributed by atoms with E-state index in [-0.39, 0.29) is 0 Å². The quantitative estimate of drug-likeness (QED) is 0.409. The molecule has 0 spiro atoms. The molecule has 0 bridgehead atoms. The van der Waals surface area contributed by atoms with Crippen molar-refractivity contribution in [2.24, 2.45) is 0 Å². The van der Waals surface area contributed by atoms with E-state index in [9.17, 15) is 9.46 Å². The van der Waals surface area contributed by atoms with Gasteiger partial charge in [0.1, 0.15) is 13.2 Å². The molecule has 1 atom stereocenters. The second-order valence-electron chi connectivity index (χ2n) is 4.94.